The van der Waals surface area contributed by atoms with Gasteiger partial charge in [-0.2, -0.15) is 0 Å². The molecule has 0 aromatic rings. The Morgan fingerprint density at radius 2 is 2.08 bits per heavy atom. The van der Waals surface area contributed by atoms with Gasteiger partial charge >= 0.3 is 0 Å². The fourth-order valence-corrected chi connectivity index (χ4v) is 2.55. The van der Waals surface area contributed by atoms with E-state index in [1.807, 2.05) is 0 Å². The van der Waals surface area contributed by atoms with Crippen LogP contribution in [-0.2, 0) is 4.79 Å². The van der Waals surface area contributed by atoms with E-state index in [4.69, 9.17) is 5.11 Å². The second-order valence-corrected chi connectivity index (χ2v) is 3.70. The topological polar surface area (TPSA) is 37.3 Å². The fraction of sp³-hybridized carbons (Fsp3) is 0.900. The first kappa shape index (κ1) is 9.72. The van der Waals surface area contributed by atoms with Crippen LogP contribution >= 0.6 is 0 Å². The highest BCUT2D eigenvalue weighted by Gasteiger charge is 2.46. The second kappa shape index (κ2) is 3.56. The van der Waals surface area contributed by atoms with Crippen LogP contribution < -0.4 is 0 Å². The summed E-state index contributed by atoms with van der Waals surface area (Å²) in [5, 5.41) is 9.13. The predicted octanol–water partition coefficient (Wildman–Crippen LogP) is 1.76. The summed E-state index contributed by atoms with van der Waals surface area (Å²) in [4.78, 5) is 11.6. The average molecular weight is 170 g/mol. The van der Waals surface area contributed by atoms with Gasteiger partial charge in [0.05, 0.1) is 0 Å². The smallest absolute Gasteiger partial charge is 0.139 e. The molecule has 1 rings (SSSR count). The Balaban J connectivity index is 2.86. The van der Waals surface area contributed by atoms with Crippen LogP contribution in [0.25, 0.3) is 0 Å². The molecule has 0 saturated heterocycles. The van der Waals surface area contributed by atoms with Crippen molar-refractivity contribution in [1.29, 1.82) is 0 Å². The van der Waals surface area contributed by atoms with Crippen molar-refractivity contribution in [2.75, 3.05) is 6.61 Å². The van der Waals surface area contributed by atoms with Crippen molar-refractivity contribution in [3.05, 3.63) is 0 Å². The fourth-order valence-electron chi connectivity index (χ4n) is 2.55. The Morgan fingerprint density at radius 1 is 1.50 bits per heavy atom. The molecule has 1 aliphatic rings. The summed E-state index contributed by atoms with van der Waals surface area (Å²) in [5.41, 5.74) is -0.186. The molecule has 0 bridgehead atoms. The zero-order valence-corrected chi connectivity index (χ0v) is 7.97. The molecule has 12 heavy (non-hydrogen) atoms. The van der Waals surface area contributed by atoms with Gasteiger partial charge in [0.1, 0.15) is 5.78 Å². The van der Waals surface area contributed by atoms with E-state index in [1.54, 1.807) is 0 Å². The third-order valence-electron chi connectivity index (χ3n) is 3.54. The molecular formula is C10H18O2. The van der Waals surface area contributed by atoms with Gasteiger partial charge < -0.3 is 5.11 Å². The van der Waals surface area contributed by atoms with E-state index in [-0.39, 0.29) is 17.9 Å². The zero-order chi connectivity index (χ0) is 9.19. The van der Waals surface area contributed by atoms with Gasteiger partial charge in [-0.1, -0.05) is 13.8 Å². The third-order valence-corrected chi connectivity index (χ3v) is 3.54. The van der Waals surface area contributed by atoms with Crippen molar-refractivity contribution in [2.24, 2.45) is 11.3 Å². The summed E-state index contributed by atoms with van der Waals surface area (Å²) in [6, 6.07) is 0. The molecule has 0 aliphatic heterocycles. The molecule has 2 nitrogen and oxygen atoms in total. The van der Waals surface area contributed by atoms with Crippen molar-refractivity contribution in [3.8, 4) is 0 Å². The highest BCUT2D eigenvalue weighted by atomic mass is 16.3. The monoisotopic (exact) mass is 170 g/mol. The molecular weight excluding hydrogens is 152 g/mol. The average Bonchev–Trinajstić information content (AvgIpc) is 2.42. The van der Waals surface area contributed by atoms with Gasteiger partial charge in [0.2, 0.25) is 0 Å². The van der Waals surface area contributed by atoms with E-state index in [9.17, 15) is 4.79 Å². The van der Waals surface area contributed by atoms with Crippen LogP contribution in [0.5, 0.6) is 0 Å². The van der Waals surface area contributed by atoms with Gasteiger partial charge in [-0.25, -0.2) is 0 Å². The van der Waals surface area contributed by atoms with E-state index in [0.717, 1.165) is 19.3 Å². The summed E-state index contributed by atoms with van der Waals surface area (Å²) in [6.07, 6.45) is 3.32. The highest BCUT2D eigenvalue weighted by Crippen LogP contribution is 2.45. The van der Waals surface area contributed by atoms with Crippen LogP contribution in [0.3, 0.4) is 0 Å². The summed E-state index contributed by atoms with van der Waals surface area (Å²) < 4.78 is 0. The zero-order valence-electron chi connectivity index (χ0n) is 7.97. The van der Waals surface area contributed by atoms with E-state index >= 15 is 0 Å². The van der Waals surface area contributed by atoms with E-state index < -0.39 is 0 Å². The van der Waals surface area contributed by atoms with Crippen molar-refractivity contribution in [3.63, 3.8) is 0 Å². The van der Waals surface area contributed by atoms with Crippen LogP contribution in [0.4, 0.5) is 0 Å². The summed E-state index contributed by atoms with van der Waals surface area (Å²) in [5.74, 6) is 0.589. The normalized spacial score (nSPS) is 27.9. The lowest BCUT2D eigenvalue weighted by atomic mass is 9.73. The number of aliphatic hydroxyl groups is 1. The number of ketones is 1. The Labute approximate surface area is 74.0 Å². The maximum Gasteiger partial charge on any atom is 0.139 e. The maximum atomic E-state index is 11.6. The van der Waals surface area contributed by atoms with Gasteiger partial charge in [-0.3, -0.25) is 4.79 Å². The molecule has 1 aliphatic carbocycles. The minimum atomic E-state index is -0.186. The number of rotatable bonds is 3. The van der Waals surface area contributed by atoms with Gasteiger partial charge in [0.25, 0.3) is 0 Å². The molecule has 1 fully saturated rings. The Morgan fingerprint density at radius 3 is 2.42 bits per heavy atom. The molecule has 1 atom stereocenters. The Kier molecular flexibility index (Phi) is 2.89. The van der Waals surface area contributed by atoms with Crippen molar-refractivity contribution in [1.82, 2.24) is 0 Å². The second-order valence-electron chi connectivity index (χ2n) is 3.70. The highest BCUT2D eigenvalue weighted by molar-refractivity contribution is 5.87. The molecule has 1 unspecified atom stereocenters. The molecule has 70 valence electrons. The minimum Gasteiger partial charge on any atom is -0.396 e. The molecule has 0 radical (unpaired) electrons. The lowest BCUT2D eigenvalue weighted by molar-refractivity contribution is -0.128. The number of carbonyl (C=O) groups excluding carboxylic acids is 1. The van der Waals surface area contributed by atoms with Crippen LogP contribution in [0, 0.1) is 11.3 Å². The van der Waals surface area contributed by atoms with Crippen molar-refractivity contribution in [2.45, 2.75) is 39.5 Å². The van der Waals surface area contributed by atoms with Gasteiger partial charge in [-0.15, -0.1) is 0 Å². The van der Waals surface area contributed by atoms with E-state index in [2.05, 4.69) is 13.8 Å². The Hall–Kier alpha value is -0.370. The molecule has 0 aromatic carbocycles. The van der Waals surface area contributed by atoms with E-state index in [1.165, 1.54) is 0 Å². The Bertz CT molecular complexity index is 171. The summed E-state index contributed by atoms with van der Waals surface area (Å²) >= 11 is 0. The number of hydrogen-bond acceptors (Lipinski definition) is 2. The van der Waals surface area contributed by atoms with Crippen LogP contribution in [0.1, 0.15) is 39.5 Å². The SMILES string of the molecule is CCC1(CC)C(=O)CCC1CO. The summed E-state index contributed by atoms with van der Waals surface area (Å²) in [6.45, 7) is 4.28. The van der Waals surface area contributed by atoms with E-state index in [0.29, 0.717) is 12.2 Å². The molecule has 1 N–H and O–H groups in total. The first-order chi connectivity index (χ1) is 5.71. The molecule has 1 saturated carbocycles. The standard InChI is InChI=1S/C10H18O2/c1-3-10(4-2)8(7-11)5-6-9(10)12/h8,11H,3-7H2,1-2H3. The molecule has 0 amide bonds. The number of Topliss-reactive ketones (excluding diaryl/α,β-unsaturated/α-hetero) is 1. The van der Waals surface area contributed by atoms with Gasteiger partial charge in [0, 0.05) is 18.4 Å². The minimum absolute atomic E-state index is 0.174. The number of aliphatic hydroxyl groups excluding tert-OH is 1. The van der Waals surface area contributed by atoms with Gasteiger partial charge in [0.15, 0.2) is 0 Å². The lowest BCUT2D eigenvalue weighted by Crippen LogP contribution is -2.32. The number of carbonyl (C=O) groups is 1. The van der Waals surface area contributed by atoms with Crippen LogP contribution in [0.2, 0.25) is 0 Å². The molecule has 0 aromatic heterocycles. The first-order valence-electron chi connectivity index (χ1n) is 4.85. The lowest BCUT2D eigenvalue weighted by Gasteiger charge is -2.30. The molecule has 0 spiro atoms. The molecule has 2 heteroatoms. The number of hydrogen-bond donors (Lipinski definition) is 1. The largest absolute Gasteiger partial charge is 0.396 e. The van der Waals surface area contributed by atoms with Crippen molar-refractivity contribution >= 4 is 5.78 Å². The van der Waals surface area contributed by atoms with Crippen LogP contribution in [-0.4, -0.2) is 17.5 Å². The van der Waals surface area contributed by atoms with Crippen LogP contribution in [0.15, 0.2) is 0 Å². The maximum absolute atomic E-state index is 11.6. The van der Waals surface area contributed by atoms with Crippen molar-refractivity contribution < 1.29 is 9.90 Å². The molecule has 0 heterocycles. The summed E-state index contributed by atoms with van der Waals surface area (Å²) in [7, 11) is 0. The third kappa shape index (κ3) is 1.18. The van der Waals surface area contributed by atoms with Gasteiger partial charge in [-0.05, 0) is 25.2 Å². The predicted molar refractivity (Wildman–Crippen MR) is 47.8 cm³/mol. The quantitative estimate of drug-likeness (QED) is 0.700. The first-order valence-corrected chi connectivity index (χ1v) is 4.85.